The summed E-state index contributed by atoms with van der Waals surface area (Å²) in [6.45, 7) is 10.7. The molecule has 256 valence electrons. The molecule has 0 saturated carbocycles. The van der Waals surface area contributed by atoms with Gasteiger partial charge in [-0.2, -0.15) is 0 Å². The van der Waals surface area contributed by atoms with Crippen molar-refractivity contribution in [2.24, 2.45) is 0 Å². The molecule has 46 heavy (non-hydrogen) atoms. The van der Waals surface area contributed by atoms with Crippen molar-refractivity contribution in [1.82, 2.24) is 10.6 Å². The number of fused-ring (bicyclic) bond motifs is 3. The van der Waals surface area contributed by atoms with E-state index in [1.807, 2.05) is 31.2 Å². The minimum atomic E-state index is -0.682. The van der Waals surface area contributed by atoms with E-state index in [0.717, 1.165) is 41.7 Å². The molecule has 2 N–H and O–H groups in total. The molecule has 11 heteroatoms. The number of benzene rings is 2. The quantitative estimate of drug-likeness (QED) is 0.144. The highest BCUT2D eigenvalue weighted by Crippen LogP contribution is 2.44. The van der Waals surface area contributed by atoms with Crippen LogP contribution in [0.2, 0.25) is 0 Å². The summed E-state index contributed by atoms with van der Waals surface area (Å²) < 4.78 is 38.3. The lowest BCUT2D eigenvalue weighted by molar-refractivity contribution is -0.123. The van der Waals surface area contributed by atoms with Crippen molar-refractivity contribution in [2.75, 3.05) is 92.4 Å². The standard InChI is InChI=1S/C35H52N2O9/c1-3-9-33(37-35(39)46-27-32-30-12-7-5-10-28(30)29-11-6-8-13-31(29)32)34(38)36-14-16-41-18-20-43-22-24-45-26-25-44-23-21-42-19-17-40-15-4-2/h5-8,10-13,32-33H,3-4,9,14-27H2,1-2H3,(H,36,38)(H,37,39)/t33-/m0/s1. The molecule has 2 aromatic carbocycles. The van der Waals surface area contributed by atoms with Crippen LogP contribution >= 0.6 is 0 Å². The van der Waals surface area contributed by atoms with Crippen LogP contribution in [0, 0.1) is 0 Å². The van der Waals surface area contributed by atoms with Crippen molar-refractivity contribution in [3.05, 3.63) is 59.7 Å². The monoisotopic (exact) mass is 644 g/mol. The van der Waals surface area contributed by atoms with Crippen LogP contribution in [0.5, 0.6) is 0 Å². The van der Waals surface area contributed by atoms with Gasteiger partial charge in [0, 0.05) is 19.1 Å². The van der Waals surface area contributed by atoms with Gasteiger partial charge in [-0.1, -0.05) is 68.8 Å². The number of carbonyl (C=O) groups excluding carboxylic acids is 2. The fourth-order valence-electron chi connectivity index (χ4n) is 5.06. The van der Waals surface area contributed by atoms with Crippen molar-refractivity contribution >= 4 is 12.0 Å². The van der Waals surface area contributed by atoms with Crippen LogP contribution in [0.15, 0.2) is 48.5 Å². The van der Waals surface area contributed by atoms with Crippen LogP contribution in [-0.2, 0) is 38.0 Å². The molecule has 2 aromatic rings. The van der Waals surface area contributed by atoms with Crippen LogP contribution in [0.25, 0.3) is 11.1 Å². The molecule has 0 aliphatic heterocycles. The fraction of sp³-hybridized carbons (Fsp3) is 0.600. The van der Waals surface area contributed by atoms with Gasteiger partial charge in [0.15, 0.2) is 0 Å². The molecule has 0 bridgehead atoms. The van der Waals surface area contributed by atoms with E-state index in [1.54, 1.807) is 0 Å². The van der Waals surface area contributed by atoms with Crippen LogP contribution in [0.1, 0.15) is 50.2 Å². The third-order valence-corrected chi connectivity index (χ3v) is 7.28. The minimum Gasteiger partial charge on any atom is -0.449 e. The predicted octanol–water partition coefficient (Wildman–Crippen LogP) is 4.32. The maximum Gasteiger partial charge on any atom is 0.407 e. The second-order valence-corrected chi connectivity index (χ2v) is 10.8. The molecular formula is C35H52N2O9. The highest BCUT2D eigenvalue weighted by atomic mass is 16.6. The van der Waals surface area contributed by atoms with E-state index in [2.05, 4.69) is 41.8 Å². The number of hydrogen-bond donors (Lipinski definition) is 2. The highest BCUT2D eigenvalue weighted by Gasteiger charge is 2.29. The Bertz CT molecular complexity index is 1090. The SMILES string of the molecule is CCCOCCOCCOCCOCCOCCOCCNC(=O)[C@H](CCC)NC(=O)OCC1c2ccccc2-c2ccccc21. The first-order valence-electron chi connectivity index (χ1n) is 16.5. The molecule has 0 unspecified atom stereocenters. The molecule has 0 spiro atoms. The molecule has 3 rings (SSSR count). The van der Waals surface area contributed by atoms with E-state index in [9.17, 15) is 9.59 Å². The first kappa shape index (κ1) is 37.4. The van der Waals surface area contributed by atoms with Gasteiger partial charge in [-0.25, -0.2) is 4.79 Å². The Hall–Kier alpha value is -3.06. The van der Waals surface area contributed by atoms with Crippen LogP contribution in [-0.4, -0.2) is 110 Å². The number of amides is 2. The predicted molar refractivity (Wildman–Crippen MR) is 175 cm³/mol. The summed E-state index contributed by atoms with van der Waals surface area (Å²) in [7, 11) is 0. The van der Waals surface area contributed by atoms with Gasteiger partial charge in [-0.3, -0.25) is 4.79 Å². The van der Waals surface area contributed by atoms with Crippen molar-refractivity contribution in [3.8, 4) is 11.1 Å². The van der Waals surface area contributed by atoms with Crippen molar-refractivity contribution < 1.29 is 42.7 Å². The summed E-state index contributed by atoms with van der Waals surface area (Å²) in [6.07, 6.45) is 1.65. The van der Waals surface area contributed by atoms with Crippen molar-refractivity contribution in [2.45, 2.75) is 45.1 Å². The lowest BCUT2D eigenvalue weighted by Crippen LogP contribution is -2.47. The average molecular weight is 645 g/mol. The van der Waals surface area contributed by atoms with E-state index in [4.69, 9.17) is 33.2 Å². The van der Waals surface area contributed by atoms with E-state index in [0.29, 0.717) is 85.6 Å². The summed E-state index contributed by atoms with van der Waals surface area (Å²) in [5.41, 5.74) is 4.61. The van der Waals surface area contributed by atoms with Crippen molar-refractivity contribution in [3.63, 3.8) is 0 Å². The zero-order valence-corrected chi connectivity index (χ0v) is 27.5. The van der Waals surface area contributed by atoms with Gasteiger partial charge in [0.1, 0.15) is 12.6 Å². The Labute approximate surface area is 273 Å². The second-order valence-electron chi connectivity index (χ2n) is 10.8. The minimum absolute atomic E-state index is 0.0399. The van der Waals surface area contributed by atoms with E-state index in [1.165, 1.54) is 0 Å². The molecule has 0 fully saturated rings. The fourth-order valence-corrected chi connectivity index (χ4v) is 5.06. The Morgan fingerprint density at radius 1 is 0.630 bits per heavy atom. The van der Waals surface area contributed by atoms with Gasteiger partial charge in [-0.15, -0.1) is 0 Å². The van der Waals surface area contributed by atoms with Crippen LogP contribution in [0.3, 0.4) is 0 Å². The average Bonchev–Trinajstić information content (AvgIpc) is 3.39. The molecule has 11 nitrogen and oxygen atoms in total. The second kappa shape index (κ2) is 23.3. The topological polar surface area (TPSA) is 123 Å². The van der Waals surface area contributed by atoms with Gasteiger partial charge >= 0.3 is 6.09 Å². The van der Waals surface area contributed by atoms with Gasteiger partial charge in [0.05, 0.1) is 72.7 Å². The number of hydrogen-bond acceptors (Lipinski definition) is 9. The molecule has 1 aliphatic carbocycles. The molecule has 2 amide bonds. The summed E-state index contributed by atoms with van der Waals surface area (Å²) in [4.78, 5) is 25.4. The first-order chi connectivity index (χ1) is 22.7. The lowest BCUT2D eigenvalue weighted by Gasteiger charge is -2.19. The Kier molecular flexibility index (Phi) is 18.9. The molecule has 0 aromatic heterocycles. The summed E-state index contributed by atoms with van der Waals surface area (Å²) in [5.74, 6) is -0.303. The maximum atomic E-state index is 12.8. The summed E-state index contributed by atoms with van der Waals surface area (Å²) >= 11 is 0. The Morgan fingerprint density at radius 3 is 1.57 bits per heavy atom. The Balaban J connectivity index is 1.17. The zero-order valence-electron chi connectivity index (χ0n) is 27.5. The maximum absolute atomic E-state index is 12.8. The van der Waals surface area contributed by atoms with Gasteiger partial charge in [0.25, 0.3) is 0 Å². The Morgan fingerprint density at radius 2 is 1.09 bits per heavy atom. The number of carbonyl (C=O) groups is 2. The van der Waals surface area contributed by atoms with Crippen LogP contribution in [0.4, 0.5) is 4.79 Å². The molecule has 0 heterocycles. The molecule has 1 aliphatic rings. The van der Waals surface area contributed by atoms with E-state index >= 15 is 0 Å². The van der Waals surface area contributed by atoms with E-state index in [-0.39, 0.29) is 18.4 Å². The zero-order chi connectivity index (χ0) is 32.7. The number of alkyl carbamates (subject to hydrolysis) is 1. The lowest BCUT2D eigenvalue weighted by atomic mass is 9.98. The third-order valence-electron chi connectivity index (χ3n) is 7.28. The van der Waals surface area contributed by atoms with E-state index < -0.39 is 12.1 Å². The largest absolute Gasteiger partial charge is 0.449 e. The molecule has 0 saturated heterocycles. The third kappa shape index (κ3) is 13.7. The molecular weight excluding hydrogens is 592 g/mol. The summed E-state index contributed by atoms with van der Waals surface area (Å²) in [6, 6.07) is 15.7. The number of nitrogens with one attached hydrogen (secondary N) is 2. The van der Waals surface area contributed by atoms with Gasteiger partial charge in [0.2, 0.25) is 5.91 Å². The number of ether oxygens (including phenoxy) is 7. The van der Waals surface area contributed by atoms with Crippen LogP contribution < -0.4 is 10.6 Å². The molecule has 0 radical (unpaired) electrons. The highest BCUT2D eigenvalue weighted by molar-refractivity contribution is 5.85. The van der Waals surface area contributed by atoms with Crippen molar-refractivity contribution in [1.29, 1.82) is 0 Å². The molecule has 1 atom stereocenters. The summed E-state index contributed by atoms with van der Waals surface area (Å²) in [5, 5.41) is 5.57. The van der Waals surface area contributed by atoms with Gasteiger partial charge in [-0.05, 0) is 35.1 Å². The number of rotatable bonds is 26. The van der Waals surface area contributed by atoms with Gasteiger partial charge < -0.3 is 43.8 Å². The smallest absolute Gasteiger partial charge is 0.407 e. The first-order valence-corrected chi connectivity index (χ1v) is 16.5. The normalized spacial score (nSPS) is 12.8.